The Morgan fingerprint density at radius 2 is 2.00 bits per heavy atom. The van der Waals surface area contributed by atoms with Crippen molar-refractivity contribution in [2.45, 2.75) is 5.88 Å². The van der Waals surface area contributed by atoms with Gasteiger partial charge in [-0.1, -0.05) is 39.6 Å². The Morgan fingerprint density at radius 1 is 1.19 bits per heavy atom. The van der Waals surface area contributed by atoms with Crippen molar-refractivity contribution in [3.63, 3.8) is 0 Å². The molecule has 1 aromatic carbocycles. The Morgan fingerprint density at radius 3 is 2.62 bits per heavy atom. The fraction of sp³-hybridized carbons (Fsp3) is 0.111. The van der Waals surface area contributed by atoms with Crippen LogP contribution in [0.2, 0.25) is 10.0 Å². The lowest BCUT2D eigenvalue weighted by atomic mass is 10.3. The van der Waals surface area contributed by atoms with Crippen LogP contribution >= 0.6 is 46.1 Å². The molecule has 16 heavy (non-hydrogen) atoms. The fourth-order valence-electron chi connectivity index (χ4n) is 0.975. The Hall–Kier alpha value is -0.550. The van der Waals surface area contributed by atoms with Gasteiger partial charge in [-0.15, -0.1) is 16.7 Å². The molecule has 0 bridgehead atoms. The summed E-state index contributed by atoms with van der Waals surface area (Å²) in [6.07, 6.45) is 0. The number of halogens is 3. The summed E-state index contributed by atoms with van der Waals surface area (Å²) >= 11 is 18.5. The molecule has 0 fully saturated rings. The maximum absolute atomic E-state index is 5.85. The SMILES string of the molecule is ClCc1nnc(Oc2ccc(Cl)c(Cl)c2)s1. The zero-order valence-electron chi connectivity index (χ0n) is 7.78. The number of hydrogen-bond acceptors (Lipinski definition) is 4. The molecule has 2 rings (SSSR count). The van der Waals surface area contributed by atoms with E-state index in [0.717, 1.165) is 0 Å². The molecule has 0 aliphatic heterocycles. The van der Waals surface area contributed by atoms with Crippen molar-refractivity contribution >= 4 is 46.1 Å². The van der Waals surface area contributed by atoms with E-state index >= 15 is 0 Å². The molecule has 1 heterocycles. The lowest BCUT2D eigenvalue weighted by Crippen LogP contribution is -1.83. The lowest BCUT2D eigenvalue weighted by Gasteiger charge is -2.01. The summed E-state index contributed by atoms with van der Waals surface area (Å²) < 4.78 is 5.44. The maximum Gasteiger partial charge on any atom is 0.299 e. The number of aromatic nitrogens is 2. The minimum absolute atomic E-state index is 0.322. The fourth-order valence-corrected chi connectivity index (χ4v) is 2.04. The molecule has 2 aromatic rings. The molecule has 0 aliphatic rings. The molecule has 7 heteroatoms. The van der Waals surface area contributed by atoms with E-state index in [1.165, 1.54) is 11.3 Å². The summed E-state index contributed by atoms with van der Waals surface area (Å²) in [6.45, 7) is 0. The van der Waals surface area contributed by atoms with E-state index in [2.05, 4.69) is 10.2 Å². The van der Waals surface area contributed by atoms with Gasteiger partial charge in [0.1, 0.15) is 10.8 Å². The number of benzene rings is 1. The van der Waals surface area contributed by atoms with Gasteiger partial charge in [0, 0.05) is 6.07 Å². The summed E-state index contributed by atoms with van der Waals surface area (Å²) in [4.78, 5) is 0. The first-order valence-electron chi connectivity index (χ1n) is 4.20. The number of rotatable bonds is 3. The first-order chi connectivity index (χ1) is 7.69. The van der Waals surface area contributed by atoms with Gasteiger partial charge in [-0.05, 0) is 12.1 Å². The zero-order chi connectivity index (χ0) is 11.5. The second-order valence-electron chi connectivity index (χ2n) is 2.77. The summed E-state index contributed by atoms with van der Waals surface area (Å²) in [5.74, 6) is 0.884. The van der Waals surface area contributed by atoms with Crippen molar-refractivity contribution in [1.29, 1.82) is 0 Å². The third kappa shape index (κ3) is 2.77. The van der Waals surface area contributed by atoms with Crippen molar-refractivity contribution in [2.75, 3.05) is 0 Å². The van der Waals surface area contributed by atoms with Crippen LogP contribution in [0.5, 0.6) is 10.9 Å². The predicted molar refractivity (Wildman–Crippen MR) is 66.0 cm³/mol. The lowest BCUT2D eigenvalue weighted by molar-refractivity contribution is 0.473. The second-order valence-corrected chi connectivity index (χ2v) is 4.88. The Balaban J connectivity index is 2.17. The molecule has 0 saturated heterocycles. The van der Waals surface area contributed by atoms with Crippen LogP contribution in [0.25, 0.3) is 0 Å². The van der Waals surface area contributed by atoms with E-state index in [9.17, 15) is 0 Å². The van der Waals surface area contributed by atoms with Crippen LogP contribution in [-0.2, 0) is 5.88 Å². The van der Waals surface area contributed by atoms with Gasteiger partial charge in [-0.25, -0.2) is 0 Å². The molecule has 0 atom stereocenters. The predicted octanol–water partition coefficient (Wildman–Crippen LogP) is 4.38. The van der Waals surface area contributed by atoms with Crippen LogP contribution in [-0.4, -0.2) is 10.2 Å². The number of hydrogen-bond donors (Lipinski definition) is 0. The molecule has 1 aromatic heterocycles. The normalized spacial score (nSPS) is 10.4. The average molecular weight is 296 g/mol. The molecular formula is C9H5Cl3N2OS. The highest BCUT2D eigenvalue weighted by Gasteiger charge is 2.06. The van der Waals surface area contributed by atoms with Gasteiger partial charge in [0.25, 0.3) is 5.19 Å². The number of ether oxygens (including phenoxy) is 1. The summed E-state index contributed by atoms with van der Waals surface area (Å²) in [5, 5.41) is 9.68. The topological polar surface area (TPSA) is 35.0 Å². The summed E-state index contributed by atoms with van der Waals surface area (Å²) in [7, 11) is 0. The summed E-state index contributed by atoms with van der Waals surface area (Å²) in [5.41, 5.74) is 0. The Labute approximate surface area is 111 Å². The van der Waals surface area contributed by atoms with Crippen LogP contribution < -0.4 is 4.74 Å². The quantitative estimate of drug-likeness (QED) is 0.788. The van der Waals surface area contributed by atoms with E-state index in [0.29, 0.717) is 31.9 Å². The highest BCUT2D eigenvalue weighted by atomic mass is 35.5. The van der Waals surface area contributed by atoms with E-state index in [1.54, 1.807) is 18.2 Å². The van der Waals surface area contributed by atoms with E-state index in [4.69, 9.17) is 39.5 Å². The first-order valence-corrected chi connectivity index (χ1v) is 6.31. The highest BCUT2D eigenvalue weighted by molar-refractivity contribution is 7.13. The van der Waals surface area contributed by atoms with Crippen LogP contribution in [0.1, 0.15) is 5.01 Å². The van der Waals surface area contributed by atoms with Crippen LogP contribution in [0.3, 0.4) is 0 Å². The molecule has 0 spiro atoms. The van der Waals surface area contributed by atoms with Gasteiger partial charge >= 0.3 is 0 Å². The molecule has 0 amide bonds. The molecule has 84 valence electrons. The highest BCUT2D eigenvalue weighted by Crippen LogP contribution is 2.30. The molecule has 0 radical (unpaired) electrons. The van der Waals surface area contributed by atoms with Crippen molar-refractivity contribution < 1.29 is 4.74 Å². The van der Waals surface area contributed by atoms with E-state index < -0.39 is 0 Å². The number of alkyl halides is 1. The first kappa shape index (κ1) is 11.9. The van der Waals surface area contributed by atoms with Crippen molar-refractivity contribution in [3.8, 4) is 10.9 Å². The van der Waals surface area contributed by atoms with Gasteiger partial charge in [0.15, 0.2) is 0 Å². The van der Waals surface area contributed by atoms with Gasteiger partial charge in [0.05, 0.1) is 15.9 Å². The van der Waals surface area contributed by atoms with E-state index in [1.807, 2.05) is 0 Å². The van der Waals surface area contributed by atoms with Crippen LogP contribution in [0.15, 0.2) is 18.2 Å². The maximum atomic E-state index is 5.85. The molecule has 0 N–H and O–H groups in total. The molecule has 3 nitrogen and oxygen atoms in total. The molecular weight excluding hydrogens is 291 g/mol. The van der Waals surface area contributed by atoms with Crippen LogP contribution in [0, 0.1) is 0 Å². The van der Waals surface area contributed by atoms with Crippen molar-refractivity contribution in [2.24, 2.45) is 0 Å². The second kappa shape index (κ2) is 5.19. The monoisotopic (exact) mass is 294 g/mol. The zero-order valence-corrected chi connectivity index (χ0v) is 10.9. The Kier molecular flexibility index (Phi) is 3.86. The average Bonchev–Trinajstić information content (AvgIpc) is 2.71. The smallest absolute Gasteiger partial charge is 0.299 e. The third-order valence-corrected chi connectivity index (χ3v) is 3.61. The standard InChI is InChI=1S/C9H5Cl3N2OS/c10-4-8-13-14-9(16-8)15-5-1-2-6(11)7(12)3-5/h1-3H,4H2. The molecule has 0 unspecified atom stereocenters. The van der Waals surface area contributed by atoms with Gasteiger partial charge in [-0.3, -0.25) is 0 Å². The third-order valence-electron chi connectivity index (χ3n) is 1.66. The van der Waals surface area contributed by atoms with Crippen molar-refractivity contribution in [1.82, 2.24) is 10.2 Å². The summed E-state index contributed by atoms with van der Waals surface area (Å²) in [6, 6.07) is 4.98. The largest absolute Gasteiger partial charge is 0.430 e. The van der Waals surface area contributed by atoms with Gasteiger partial charge in [0.2, 0.25) is 0 Å². The molecule has 0 aliphatic carbocycles. The minimum atomic E-state index is 0.322. The van der Waals surface area contributed by atoms with Gasteiger partial charge in [-0.2, -0.15) is 0 Å². The van der Waals surface area contributed by atoms with Gasteiger partial charge < -0.3 is 4.74 Å². The number of nitrogens with zero attached hydrogens (tertiary/aromatic N) is 2. The minimum Gasteiger partial charge on any atom is -0.430 e. The van der Waals surface area contributed by atoms with E-state index in [-0.39, 0.29) is 0 Å². The van der Waals surface area contributed by atoms with Crippen LogP contribution in [0.4, 0.5) is 0 Å². The Bertz CT molecular complexity index is 503. The molecule has 0 saturated carbocycles. The van der Waals surface area contributed by atoms with Crippen molar-refractivity contribution in [3.05, 3.63) is 33.3 Å².